The number of hydrogen-bond acceptors (Lipinski definition) is 2. The Hall–Kier alpha value is -2.43. The number of fused-ring (bicyclic) bond motifs is 1. The third kappa shape index (κ3) is 2.40. The van der Waals surface area contributed by atoms with Gasteiger partial charge >= 0.3 is 0 Å². The van der Waals surface area contributed by atoms with E-state index in [9.17, 15) is 8.78 Å². The van der Waals surface area contributed by atoms with Gasteiger partial charge < -0.3 is 10.3 Å². The largest absolute Gasteiger partial charge is 0.375 e. The first-order valence-corrected chi connectivity index (χ1v) is 5.85. The molecule has 1 aromatic heterocycles. The molecule has 0 aliphatic carbocycles. The van der Waals surface area contributed by atoms with E-state index < -0.39 is 11.6 Å². The Morgan fingerprint density at radius 2 is 1.95 bits per heavy atom. The molecule has 1 heterocycles. The van der Waals surface area contributed by atoms with Crippen molar-refractivity contribution >= 4 is 16.7 Å². The van der Waals surface area contributed by atoms with Gasteiger partial charge in [-0.1, -0.05) is 12.1 Å². The molecular weight excluding hydrogens is 248 g/mol. The smallest absolute Gasteiger partial charge is 0.149 e. The number of aromatic nitrogens is 2. The van der Waals surface area contributed by atoms with Crippen LogP contribution in [0.3, 0.4) is 0 Å². The summed E-state index contributed by atoms with van der Waals surface area (Å²) in [5, 5.41) is 2.88. The molecule has 0 saturated heterocycles. The van der Waals surface area contributed by atoms with Crippen LogP contribution in [0, 0.1) is 11.6 Å². The van der Waals surface area contributed by atoms with Crippen LogP contribution in [0.25, 0.3) is 11.0 Å². The number of aromatic amines is 1. The molecule has 0 unspecified atom stereocenters. The number of para-hydroxylation sites is 2. The zero-order valence-corrected chi connectivity index (χ0v) is 9.95. The molecule has 2 aromatic carbocycles. The molecule has 0 radical (unpaired) electrons. The van der Waals surface area contributed by atoms with E-state index >= 15 is 0 Å². The highest BCUT2D eigenvalue weighted by molar-refractivity contribution is 5.74. The van der Waals surface area contributed by atoms with Gasteiger partial charge in [-0.25, -0.2) is 13.8 Å². The highest BCUT2D eigenvalue weighted by atomic mass is 19.1. The van der Waals surface area contributed by atoms with Crippen LogP contribution in [0.2, 0.25) is 0 Å². The second kappa shape index (κ2) is 4.68. The van der Waals surface area contributed by atoms with E-state index in [1.165, 1.54) is 12.1 Å². The molecule has 3 rings (SSSR count). The van der Waals surface area contributed by atoms with Crippen LogP contribution in [0.15, 0.2) is 42.5 Å². The molecule has 0 aliphatic rings. The Balaban J connectivity index is 1.78. The van der Waals surface area contributed by atoms with E-state index in [1.54, 1.807) is 0 Å². The maximum atomic E-state index is 13.4. The number of hydrogen-bond donors (Lipinski definition) is 2. The molecular formula is C14H11F2N3. The summed E-state index contributed by atoms with van der Waals surface area (Å²) in [5.74, 6) is -0.507. The maximum absolute atomic E-state index is 13.4. The van der Waals surface area contributed by atoms with Gasteiger partial charge in [-0.2, -0.15) is 0 Å². The van der Waals surface area contributed by atoms with E-state index in [4.69, 9.17) is 0 Å². The van der Waals surface area contributed by atoms with Crippen molar-refractivity contribution in [2.45, 2.75) is 6.54 Å². The average Bonchev–Trinajstić information content (AvgIpc) is 2.80. The van der Waals surface area contributed by atoms with E-state index in [2.05, 4.69) is 15.3 Å². The molecule has 0 aliphatic heterocycles. The number of imidazole rings is 1. The van der Waals surface area contributed by atoms with E-state index in [-0.39, 0.29) is 5.69 Å². The van der Waals surface area contributed by atoms with Gasteiger partial charge in [0.05, 0.1) is 23.3 Å². The van der Waals surface area contributed by atoms with Crippen LogP contribution >= 0.6 is 0 Å². The summed E-state index contributed by atoms with van der Waals surface area (Å²) in [7, 11) is 0. The second-order valence-electron chi connectivity index (χ2n) is 4.18. The molecule has 96 valence electrons. The van der Waals surface area contributed by atoms with Crippen molar-refractivity contribution in [2.24, 2.45) is 0 Å². The quantitative estimate of drug-likeness (QED) is 0.756. The first kappa shape index (κ1) is 11.6. The van der Waals surface area contributed by atoms with Gasteiger partial charge in [0, 0.05) is 6.07 Å². The minimum atomic E-state index is -0.615. The van der Waals surface area contributed by atoms with Crippen LogP contribution in [0.1, 0.15) is 5.82 Å². The van der Waals surface area contributed by atoms with Crippen LogP contribution in [-0.4, -0.2) is 9.97 Å². The fourth-order valence-electron chi connectivity index (χ4n) is 1.90. The number of H-pyrrole nitrogens is 1. The molecule has 0 bridgehead atoms. The zero-order valence-electron chi connectivity index (χ0n) is 9.95. The second-order valence-corrected chi connectivity index (χ2v) is 4.18. The Kier molecular flexibility index (Phi) is 2.87. The number of halogens is 2. The molecule has 5 heteroatoms. The SMILES string of the molecule is Fc1ccc(NCc2nc3ccccc3[nH]2)c(F)c1. The molecule has 0 atom stereocenters. The number of rotatable bonds is 3. The third-order valence-corrected chi connectivity index (χ3v) is 2.82. The summed E-state index contributed by atoms with van der Waals surface area (Å²) < 4.78 is 26.2. The summed E-state index contributed by atoms with van der Waals surface area (Å²) in [4.78, 5) is 7.49. The van der Waals surface area contributed by atoms with E-state index in [1.807, 2.05) is 24.3 Å². The van der Waals surface area contributed by atoms with Gasteiger partial charge in [0.2, 0.25) is 0 Å². The fourth-order valence-corrected chi connectivity index (χ4v) is 1.90. The van der Waals surface area contributed by atoms with Crippen molar-refractivity contribution in [3.05, 3.63) is 59.9 Å². The number of anilines is 1. The Bertz CT molecular complexity index is 689. The summed E-state index contributed by atoms with van der Waals surface area (Å²) in [5.41, 5.74) is 2.04. The monoisotopic (exact) mass is 259 g/mol. The predicted octanol–water partition coefficient (Wildman–Crippen LogP) is 3.45. The maximum Gasteiger partial charge on any atom is 0.149 e. The Labute approximate surface area is 108 Å². The third-order valence-electron chi connectivity index (χ3n) is 2.82. The summed E-state index contributed by atoms with van der Waals surface area (Å²) >= 11 is 0. The lowest BCUT2D eigenvalue weighted by molar-refractivity contribution is 0.585. The average molecular weight is 259 g/mol. The van der Waals surface area contributed by atoms with Crippen molar-refractivity contribution in [3.63, 3.8) is 0 Å². The molecule has 0 fully saturated rings. The molecule has 2 N–H and O–H groups in total. The summed E-state index contributed by atoms with van der Waals surface area (Å²) in [6.45, 7) is 0.344. The van der Waals surface area contributed by atoms with Crippen LogP contribution in [0.4, 0.5) is 14.5 Å². The lowest BCUT2D eigenvalue weighted by atomic mass is 10.3. The number of nitrogens with zero attached hydrogens (tertiary/aromatic N) is 1. The highest BCUT2D eigenvalue weighted by Gasteiger charge is 2.05. The standard InChI is InChI=1S/C14H11F2N3/c15-9-5-6-11(10(16)7-9)17-8-14-18-12-3-1-2-4-13(12)19-14/h1-7,17H,8H2,(H,18,19). The fraction of sp³-hybridized carbons (Fsp3) is 0.0714. The predicted molar refractivity (Wildman–Crippen MR) is 69.8 cm³/mol. The normalized spacial score (nSPS) is 10.8. The van der Waals surface area contributed by atoms with Crippen molar-refractivity contribution in [3.8, 4) is 0 Å². The first-order valence-electron chi connectivity index (χ1n) is 5.85. The Morgan fingerprint density at radius 1 is 1.11 bits per heavy atom. The van der Waals surface area contributed by atoms with Gasteiger partial charge in [0.25, 0.3) is 0 Å². The molecule has 3 aromatic rings. The molecule has 0 spiro atoms. The van der Waals surface area contributed by atoms with Crippen LogP contribution < -0.4 is 5.32 Å². The lowest BCUT2D eigenvalue weighted by Gasteiger charge is -2.05. The Morgan fingerprint density at radius 3 is 2.74 bits per heavy atom. The number of nitrogens with one attached hydrogen (secondary N) is 2. The van der Waals surface area contributed by atoms with Gasteiger partial charge in [-0.05, 0) is 24.3 Å². The van der Waals surface area contributed by atoms with Gasteiger partial charge in [0.1, 0.15) is 17.5 Å². The highest BCUT2D eigenvalue weighted by Crippen LogP contribution is 2.16. The first-order chi connectivity index (χ1) is 9.22. The van der Waals surface area contributed by atoms with Gasteiger partial charge in [0.15, 0.2) is 0 Å². The van der Waals surface area contributed by atoms with Gasteiger partial charge in [-0.15, -0.1) is 0 Å². The molecule has 0 saturated carbocycles. The van der Waals surface area contributed by atoms with Crippen molar-refractivity contribution in [1.82, 2.24) is 9.97 Å². The minimum Gasteiger partial charge on any atom is -0.375 e. The van der Waals surface area contributed by atoms with Crippen LogP contribution in [0.5, 0.6) is 0 Å². The minimum absolute atomic E-state index is 0.252. The summed E-state index contributed by atoms with van der Waals surface area (Å²) in [6, 6.07) is 11.1. The van der Waals surface area contributed by atoms with E-state index in [0.717, 1.165) is 17.1 Å². The van der Waals surface area contributed by atoms with Crippen molar-refractivity contribution in [2.75, 3.05) is 5.32 Å². The lowest BCUT2D eigenvalue weighted by Crippen LogP contribution is -2.03. The zero-order chi connectivity index (χ0) is 13.2. The van der Waals surface area contributed by atoms with Crippen molar-refractivity contribution in [1.29, 1.82) is 0 Å². The topological polar surface area (TPSA) is 40.7 Å². The summed E-state index contributed by atoms with van der Waals surface area (Å²) in [6.07, 6.45) is 0. The molecule has 0 amide bonds. The molecule has 19 heavy (non-hydrogen) atoms. The molecule has 3 nitrogen and oxygen atoms in total. The van der Waals surface area contributed by atoms with E-state index in [0.29, 0.717) is 12.4 Å². The van der Waals surface area contributed by atoms with Crippen molar-refractivity contribution < 1.29 is 8.78 Å². The van der Waals surface area contributed by atoms with Crippen LogP contribution in [-0.2, 0) is 6.54 Å². The van der Waals surface area contributed by atoms with Gasteiger partial charge in [-0.3, -0.25) is 0 Å². The number of benzene rings is 2.